The summed E-state index contributed by atoms with van der Waals surface area (Å²) in [6.07, 6.45) is 1.42. The number of nitrogens with one attached hydrogen (secondary N) is 2. The first kappa shape index (κ1) is 19.2. The predicted molar refractivity (Wildman–Crippen MR) is 111 cm³/mol. The Balaban J connectivity index is 1.92. The van der Waals surface area contributed by atoms with Crippen molar-refractivity contribution in [3.05, 3.63) is 95.0 Å². The Morgan fingerprint density at radius 2 is 1.29 bits per heavy atom. The summed E-state index contributed by atoms with van der Waals surface area (Å²) in [5.41, 5.74) is 1.53. The lowest BCUT2D eigenvalue weighted by molar-refractivity contribution is -0.118. The number of anilines is 2. The van der Waals surface area contributed by atoms with E-state index in [4.69, 9.17) is 11.6 Å². The lowest BCUT2D eigenvalue weighted by Crippen LogP contribution is -2.25. The Bertz CT molecular complexity index is 963. The van der Waals surface area contributed by atoms with Crippen molar-refractivity contribution in [3.8, 4) is 5.75 Å². The molecule has 140 valence electrons. The number of hydrogen-bond donors (Lipinski definition) is 3. The van der Waals surface area contributed by atoms with Crippen LogP contribution in [-0.4, -0.2) is 16.9 Å². The van der Waals surface area contributed by atoms with Crippen molar-refractivity contribution in [2.45, 2.75) is 0 Å². The van der Waals surface area contributed by atoms with Crippen molar-refractivity contribution in [2.24, 2.45) is 0 Å². The summed E-state index contributed by atoms with van der Waals surface area (Å²) < 4.78 is 0. The minimum absolute atomic E-state index is 0.0807. The molecule has 3 aromatic rings. The molecule has 0 aliphatic carbocycles. The van der Waals surface area contributed by atoms with E-state index in [1.807, 2.05) is 12.1 Å². The zero-order valence-corrected chi connectivity index (χ0v) is 15.5. The van der Waals surface area contributed by atoms with Gasteiger partial charge in [0.25, 0.3) is 11.8 Å². The maximum Gasteiger partial charge on any atom is 0.261 e. The SMILES string of the molecule is O=C(Nc1ccccc1)C(=Cc1ccc(O)c(Cl)c1)C(=O)Nc1ccccc1. The number of hydrogen-bond acceptors (Lipinski definition) is 3. The van der Waals surface area contributed by atoms with Gasteiger partial charge in [0.05, 0.1) is 5.02 Å². The molecule has 0 spiro atoms. The molecule has 28 heavy (non-hydrogen) atoms. The highest BCUT2D eigenvalue weighted by atomic mass is 35.5. The largest absolute Gasteiger partial charge is 0.506 e. The van der Waals surface area contributed by atoms with Gasteiger partial charge in [-0.15, -0.1) is 0 Å². The van der Waals surface area contributed by atoms with Gasteiger partial charge in [-0.1, -0.05) is 54.1 Å². The third-order valence-corrected chi connectivity index (χ3v) is 4.14. The van der Waals surface area contributed by atoms with E-state index in [1.54, 1.807) is 54.6 Å². The summed E-state index contributed by atoms with van der Waals surface area (Å²) in [6, 6.07) is 22.1. The molecule has 3 aromatic carbocycles. The molecule has 0 fully saturated rings. The van der Waals surface area contributed by atoms with Gasteiger partial charge >= 0.3 is 0 Å². The third kappa shape index (κ3) is 4.99. The van der Waals surface area contributed by atoms with Gasteiger partial charge < -0.3 is 15.7 Å². The van der Waals surface area contributed by atoms with Crippen LogP contribution in [0.1, 0.15) is 5.56 Å². The number of phenolic OH excluding ortho intramolecular Hbond substituents is 1. The van der Waals surface area contributed by atoms with Crippen LogP contribution in [0.15, 0.2) is 84.4 Å². The minimum Gasteiger partial charge on any atom is -0.506 e. The summed E-state index contributed by atoms with van der Waals surface area (Å²) in [5, 5.41) is 15.1. The Hall–Kier alpha value is -3.57. The average Bonchev–Trinajstić information content (AvgIpc) is 2.70. The standard InChI is InChI=1S/C22H17ClN2O3/c23-19-14-15(11-12-20(19)26)13-18(21(27)24-16-7-3-1-4-8-16)22(28)25-17-9-5-2-6-10-17/h1-14,26H,(H,24,27)(H,25,28). The van der Waals surface area contributed by atoms with Crippen LogP contribution in [0.2, 0.25) is 5.02 Å². The fraction of sp³-hybridized carbons (Fsp3) is 0. The molecule has 6 heteroatoms. The smallest absolute Gasteiger partial charge is 0.261 e. The van der Waals surface area contributed by atoms with Gasteiger partial charge in [-0.25, -0.2) is 0 Å². The first-order valence-electron chi connectivity index (χ1n) is 8.46. The third-order valence-electron chi connectivity index (χ3n) is 3.84. The predicted octanol–water partition coefficient (Wildman–Crippen LogP) is 4.71. The zero-order chi connectivity index (χ0) is 19.9. The summed E-state index contributed by atoms with van der Waals surface area (Å²) >= 11 is 5.94. The Labute approximate surface area is 167 Å². The molecule has 0 radical (unpaired) electrons. The molecular weight excluding hydrogens is 376 g/mol. The second kappa shape index (κ2) is 8.88. The topological polar surface area (TPSA) is 78.4 Å². The van der Waals surface area contributed by atoms with Crippen molar-refractivity contribution >= 4 is 40.9 Å². The highest BCUT2D eigenvalue weighted by molar-refractivity contribution is 6.32. The second-order valence-electron chi connectivity index (χ2n) is 5.91. The van der Waals surface area contributed by atoms with Crippen LogP contribution in [0.25, 0.3) is 6.08 Å². The van der Waals surface area contributed by atoms with Crippen molar-refractivity contribution in [1.29, 1.82) is 0 Å². The number of benzene rings is 3. The molecule has 0 unspecified atom stereocenters. The van der Waals surface area contributed by atoms with Gasteiger partial charge in [0, 0.05) is 11.4 Å². The Kier molecular flexibility index (Phi) is 6.09. The summed E-state index contributed by atoms with van der Waals surface area (Å²) in [5.74, 6) is -1.21. The highest BCUT2D eigenvalue weighted by Gasteiger charge is 2.19. The zero-order valence-electron chi connectivity index (χ0n) is 14.7. The van der Waals surface area contributed by atoms with E-state index >= 15 is 0 Å². The monoisotopic (exact) mass is 392 g/mol. The average molecular weight is 393 g/mol. The Morgan fingerprint density at radius 1 is 0.786 bits per heavy atom. The van der Waals surface area contributed by atoms with E-state index in [1.165, 1.54) is 18.2 Å². The van der Waals surface area contributed by atoms with E-state index < -0.39 is 11.8 Å². The molecule has 0 heterocycles. The number of aromatic hydroxyl groups is 1. The molecule has 0 bridgehead atoms. The van der Waals surface area contributed by atoms with Crippen molar-refractivity contribution in [2.75, 3.05) is 10.6 Å². The van der Waals surface area contributed by atoms with Gasteiger partial charge in [-0.3, -0.25) is 9.59 Å². The minimum atomic E-state index is -0.566. The van der Waals surface area contributed by atoms with E-state index in [0.29, 0.717) is 16.9 Å². The van der Waals surface area contributed by atoms with E-state index in [0.717, 1.165) is 0 Å². The number of carbonyl (C=O) groups excluding carboxylic acids is 2. The molecule has 5 nitrogen and oxygen atoms in total. The van der Waals surface area contributed by atoms with Crippen molar-refractivity contribution < 1.29 is 14.7 Å². The lowest BCUT2D eigenvalue weighted by Gasteiger charge is -2.10. The fourth-order valence-electron chi connectivity index (χ4n) is 2.45. The molecule has 0 saturated carbocycles. The van der Waals surface area contributed by atoms with Crippen LogP contribution in [-0.2, 0) is 9.59 Å². The molecule has 0 aliphatic heterocycles. The van der Waals surface area contributed by atoms with Gasteiger partial charge in [0.15, 0.2) is 0 Å². The van der Waals surface area contributed by atoms with E-state index in [-0.39, 0.29) is 16.3 Å². The molecule has 0 atom stereocenters. The van der Waals surface area contributed by atoms with E-state index in [2.05, 4.69) is 10.6 Å². The first-order valence-corrected chi connectivity index (χ1v) is 8.84. The number of halogens is 1. The highest BCUT2D eigenvalue weighted by Crippen LogP contribution is 2.25. The molecule has 2 amide bonds. The molecule has 0 aliphatic rings. The lowest BCUT2D eigenvalue weighted by atomic mass is 10.1. The molecule has 3 N–H and O–H groups in total. The first-order chi connectivity index (χ1) is 13.5. The number of amides is 2. The number of carbonyl (C=O) groups is 2. The summed E-state index contributed by atoms with van der Waals surface area (Å²) in [4.78, 5) is 25.6. The number of para-hydroxylation sites is 2. The van der Waals surface area contributed by atoms with Crippen LogP contribution in [0.4, 0.5) is 11.4 Å². The quantitative estimate of drug-likeness (QED) is 0.334. The van der Waals surface area contributed by atoms with Crippen LogP contribution in [0.5, 0.6) is 5.75 Å². The number of rotatable bonds is 5. The van der Waals surface area contributed by atoms with Crippen LogP contribution >= 0.6 is 11.6 Å². The summed E-state index contributed by atoms with van der Waals surface area (Å²) in [6.45, 7) is 0. The summed E-state index contributed by atoms with van der Waals surface area (Å²) in [7, 11) is 0. The second-order valence-corrected chi connectivity index (χ2v) is 6.32. The normalized spacial score (nSPS) is 10.0. The number of phenols is 1. The van der Waals surface area contributed by atoms with Gasteiger partial charge in [0.1, 0.15) is 11.3 Å². The molecular formula is C22H17ClN2O3. The molecule has 0 saturated heterocycles. The van der Waals surface area contributed by atoms with Crippen LogP contribution in [0.3, 0.4) is 0 Å². The van der Waals surface area contributed by atoms with Gasteiger partial charge in [-0.2, -0.15) is 0 Å². The Morgan fingerprint density at radius 3 is 1.75 bits per heavy atom. The molecule has 0 aromatic heterocycles. The van der Waals surface area contributed by atoms with E-state index in [9.17, 15) is 14.7 Å². The fourth-order valence-corrected chi connectivity index (χ4v) is 2.64. The maximum atomic E-state index is 12.8. The molecule has 3 rings (SSSR count). The maximum absolute atomic E-state index is 12.8. The van der Waals surface area contributed by atoms with Crippen molar-refractivity contribution in [1.82, 2.24) is 0 Å². The van der Waals surface area contributed by atoms with Crippen molar-refractivity contribution in [3.63, 3.8) is 0 Å². The van der Waals surface area contributed by atoms with Gasteiger partial charge in [0.2, 0.25) is 0 Å². The van der Waals surface area contributed by atoms with Crippen LogP contribution in [0, 0.1) is 0 Å². The van der Waals surface area contributed by atoms with Gasteiger partial charge in [-0.05, 0) is 48.0 Å². The van der Waals surface area contributed by atoms with Crippen LogP contribution < -0.4 is 10.6 Å².